The zero-order valence-corrected chi connectivity index (χ0v) is 10.1. The number of nitrogens with zero attached hydrogens (tertiary/aromatic N) is 3. The van der Waals surface area contributed by atoms with Gasteiger partial charge in [-0.2, -0.15) is 5.26 Å². The van der Waals surface area contributed by atoms with Crippen LogP contribution >= 0.6 is 0 Å². The zero-order valence-electron chi connectivity index (χ0n) is 10.1. The van der Waals surface area contributed by atoms with Crippen LogP contribution in [0.15, 0.2) is 12.3 Å². The SMILES string of the molecule is CC(CC1CC1)Nc1ncc([N+](=O)[O-])cc1C#N. The summed E-state index contributed by atoms with van der Waals surface area (Å²) in [6, 6.07) is 3.41. The number of aromatic nitrogens is 1. The van der Waals surface area contributed by atoms with E-state index in [9.17, 15) is 10.1 Å². The Morgan fingerprint density at radius 1 is 1.72 bits per heavy atom. The highest BCUT2D eigenvalue weighted by Crippen LogP contribution is 2.34. The lowest BCUT2D eigenvalue weighted by molar-refractivity contribution is -0.385. The topological polar surface area (TPSA) is 91.8 Å². The lowest BCUT2D eigenvalue weighted by atomic mass is 10.1. The number of nitrogens with one attached hydrogen (secondary N) is 1. The molecular formula is C12H14N4O2. The lowest BCUT2D eigenvalue weighted by Crippen LogP contribution is -2.17. The second kappa shape index (κ2) is 5.00. The minimum Gasteiger partial charge on any atom is -0.367 e. The van der Waals surface area contributed by atoms with Gasteiger partial charge in [0.25, 0.3) is 5.69 Å². The minimum absolute atomic E-state index is 0.160. The molecule has 1 unspecified atom stereocenters. The van der Waals surface area contributed by atoms with E-state index in [-0.39, 0.29) is 17.3 Å². The van der Waals surface area contributed by atoms with E-state index in [0.29, 0.717) is 5.82 Å². The summed E-state index contributed by atoms with van der Waals surface area (Å²) in [7, 11) is 0. The molecule has 1 atom stereocenters. The van der Waals surface area contributed by atoms with Gasteiger partial charge in [-0.15, -0.1) is 0 Å². The van der Waals surface area contributed by atoms with E-state index in [0.717, 1.165) is 12.3 Å². The molecule has 18 heavy (non-hydrogen) atoms. The van der Waals surface area contributed by atoms with E-state index in [4.69, 9.17) is 5.26 Å². The zero-order chi connectivity index (χ0) is 13.1. The normalized spacial score (nSPS) is 15.8. The first-order valence-electron chi connectivity index (χ1n) is 5.91. The molecule has 1 aromatic rings. The van der Waals surface area contributed by atoms with Crippen LogP contribution in [-0.4, -0.2) is 15.9 Å². The predicted molar refractivity (Wildman–Crippen MR) is 66.0 cm³/mol. The summed E-state index contributed by atoms with van der Waals surface area (Å²) in [4.78, 5) is 14.0. The Morgan fingerprint density at radius 3 is 3.00 bits per heavy atom. The summed E-state index contributed by atoms with van der Waals surface area (Å²) in [5.74, 6) is 1.20. The van der Waals surface area contributed by atoms with Gasteiger partial charge in [0.1, 0.15) is 23.6 Å². The maximum atomic E-state index is 10.6. The van der Waals surface area contributed by atoms with Crippen LogP contribution in [0.25, 0.3) is 0 Å². The molecule has 6 heteroatoms. The van der Waals surface area contributed by atoms with Gasteiger partial charge < -0.3 is 5.32 Å². The average Bonchev–Trinajstić information content (AvgIpc) is 3.13. The molecule has 1 aliphatic carbocycles. The molecule has 6 nitrogen and oxygen atoms in total. The van der Waals surface area contributed by atoms with Crippen LogP contribution in [0.4, 0.5) is 11.5 Å². The molecule has 1 N–H and O–H groups in total. The van der Waals surface area contributed by atoms with Crippen LogP contribution in [0.2, 0.25) is 0 Å². The number of rotatable bonds is 5. The molecule has 1 aromatic heterocycles. The number of nitriles is 1. The summed E-state index contributed by atoms with van der Waals surface area (Å²) >= 11 is 0. The Balaban J connectivity index is 2.11. The monoisotopic (exact) mass is 246 g/mol. The van der Waals surface area contributed by atoms with Gasteiger partial charge >= 0.3 is 0 Å². The fraction of sp³-hybridized carbons (Fsp3) is 0.500. The fourth-order valence-corrected chi connectivity index (χ4v) is 1.90. The Labute approximate surface area is 105 Å². The Hall–Kier alpha value is -2.16. The van der Waals surface area contributed by atoms with Gasteiger partial charge in [-0.25, -0.2) is 4.98 Å². The largest absolute Gasteiger partial charge is 0.367 e. The van der Waals surface area contributed by atoms with Gasteiger partial charge in [0.15, 0.2) is 0 Å². The van der Waals surface area contributed by atoms with E-state index in [1.807, 2.05) is 13.0 Å². The van der Waals surface area contributed by atoms with E-state index in [1.165, 1.54) is 25.1 Å². The third-order valence-electron chi connectivity index (χ3n) is 2.97. The molecule has 0 radical (unpaired) electrons. The molecule has 1 heterocycles. The van der Waals surface area contributed by atoms with Gasteiger partial charge in [0.05, 0.1) is 4.92 Å². The van der Waals surface area contributed by atoms with E-state index < -0.39 is 4.92 Å². The summed E-state index contributed by atoms with van der Waals surface area (Å²) in [6.45, 7) is 2.03. The van der Waals surface area contributed by atoms with Gasteiger partial charge in [0.2, 0.25) is 0 Å². The van der Waals surface area contributed by atoms with Crippen molar-refractivity contribution in [3.63, 3.8) is 0 Å². The maximum absolute atomic E-state index is 10.6. The number of hydrogen-bond acceptors (Lipinski definition) is 5. The quantitative estimate of drug-likeness (QED) is 0.636. The second-order valence-corrected chi connectivity index (χ2v) is 4.68. The number of anilines is 1. The van der Waals surface area contributed by atoms with Crippen LogP contribution in [0.5, 0.6) is 0 Å². The predicted octanol–water partition coefficient (Wildman–Crippen LogP) is 2.46. The van der Waals surface area contributed by atoms with Gasteiger partial charge in [-0.3, -0.25) is 10.1 Å². The highest BCUT2D eigenvalue weighted by molar-refractivity contribution is 5.55. The highest BCUT2D eigenvalue weighted by atomic mass is 16.6. The molecule has 0 saturated heterocycles. The van der Waals surface area contributed by atoms with Crippen molar-refractivity contribution < 1.29 is 4.92 Å². The molecule has 1 fully saturated rings. The molecule has 94 valence electrons. The molecule has 0 spiro atoms. The molecule has 2 rings (SSSR count). The van der Waals surface area contributed by atoms with E-state index >= 15 is 0 Å². The Kier molecular flexibility index (Phi) is 3.42. The van der Waals surface area contributed by atoms with Crippen LogP contribution in [0.1, 0.15) is 31.7 Å². The first-order valence-corrected chi connectivity index (χ1v) is 5.91. The van der Waals surface area contributed by atoms with E-state index in [2.05, 4.69) is 10.3 Å². The van der Waals surface area contributed by atoms with Crippen LogP contribution in [0, 0.1) is 27.4 Å². The van der Waals surface area contributed by atoms with Crippen LogP contribution in [-0.2, 0) is 0 Å². The number of hydrogen-bond donors (Lipinski definition) is 1. The smallest absolute Gasteiger partial charge is 0.289 e. The van der Waals surface area contributed by atoms with Crippen LogP contribution < -0.4 is 5.32 Å². The highest BCUT2D eigenvalue weighted by Gasteiger charge is 2.24. The molecule has 1 saturated carbocycles. The third-order valence-corrected chi connectivity index (χ3v) is 2.97. The molecular weight excluding hydrogens is 232 g/mol. The van der Waals surface area contributed by atoms with Gasteiger partial charge in [-0.05, 0) is 19.3 Å². The summed E-state index contributed by atoms with van der Waals surface area (Å²) in [5, 5.41) is 22.7. The van der Waals surface area contributed by atoms with Crippen molar-refractivity contribution in [3.8, 4) is 6.07 Å². The fourth-order valence-electron chi connectivity index (χ4n) is 1.90. The lowest BCUT2D eigenvalue weighted by Gasteiger charge is -2.14. The summed E-state index contributed by atoms with van der Waals surface area (Å²) in [5.41, 5.74) is 0.0544. The molecule has 0 bridgehead atoms. The van der Waals surface area contributed by atoms with Crippen molar-refractivity contribution in [1.29, 1.82) is 5.26 Å². The Morgan fingerprint density at radius 2 is 2.44 bits per heavy atom. The van der Waals surface area contributed by atoms with Gasteiger partial charge in [-0.1, -0.05) is 12.8 Å². The van der Waals surface area contributed by atoms with Crippen molar-refractivity contribution >= 4 is 11.5 Å². The Bertz CT molecular complexity index is 505. The van der Waals surface area contributed by atoms with Crippen LogP contribution in [0.3, 0.4) is 0 Å². The first kappa shape index (κ1) is 12.3. The van der Waals surface area contributed by atoms with E-state index in [1.54, 1.807) is 0 Å². The van der Waals surface area contributed by atoms with Crippen molar-refractivity contribution in [2.24, 2.45) is 5.92 Å². The van der Waals surface area contributed by atoms with Crippen molar-refractivity contribution in [1.82, 2.24) is 4.98 Å². The maximum Gasteiger partial charge on any atom is 0.289 e. The standard InChI is InChI=1S/C12H14N4O2/c1-8(4-9-2-3-9)15-12-10(6-13)5-11(7-14-12)16(17)18/h5,7-9H,2-4H2,1H3,(H,14,15). The summed E-state index contributed by atoms with van der Waals surface area (Å²) < 4.78 is 0. The van der Waals surface area contributed by atoms with Crippen molar-refractivity contribution in [2.45, 2.75) is 32.2 Å². The molecule has 1 aliphatic rings. The van der Waals surface area contributed by atoms with Crippen molar-refractivity contribution in [2.75, 3.05) is 5.32 Å². The van der Waals surface area contributed by atoms with Crippen molar-refractivity contribution in [3.05, 3.63) is 27.9 Å². The third kappa shape index (κ3) is 2.94. The first-order chi connectivity index (χ1) is 8.60. The molecule has 0 amide bonds. The molecule has 0 aromatic carbocycles. The van der Waals surface area contributed by atoms with Gasteiger partial charge in [0, 0.05) is 12.1 Å². The minimum atomic E-state index is -0.550. The summed E-state index contributed by atoms with van der Waals surface area (Å²) in [6.07, 6.45) is 4.76. The number of nitro groups is 1. The second-order valence-electron chi connectivity index (χ2n) is 4.68. The number of pyridine rings is 1. The molecule has 0 aliphatic heterocycles. The average molecular weight is 246 g/mol.